The first kappa shape index (κ1) is 16.8. The SMILES string of the molecule is CC(C)Cc1cc(NS(=O)(=O)C=Cc2ccccc2Br)n[nH]1. The fourth-order valence-corrected chi connectivity index (χ4v) is 3.12. The molecule has 0 unspecified atom stereocenters. The highest BCUT2D eigenvalue weighted by molar-refractivity contribution is 9.10. The maximum Gasteiger partial charge on any atom is 0.256 e. The summed E-state index contributed by atoms with van der Waals surface area (Å²) >= 11 is 3.37. The molecule has 0 radical (unpaired) electrons. The molecule has 0 saturated carbocycles. The average molecular weight is 384 g/mol. The van der Waals surface area contributed by atoms with Gasteiger partial charge in [0.25, 0.3) is 10.0 Å². The summed E-state index contributed by atoms with van der Waals surface area (Å²) in [5.74, 6) is 0.771. The molecule has 1 heterocycles. The smallest absolute Gasteiger partial charge is 0.256 e. The number of hydrogen-bond acceptors (Lipinski definition) is 3. The van der Waals surface area contributed by atoms with Crippen LogP contribution in [0.25, 0.3) is 6.08 Å². The number of hydrogen-bond donors (Lipinski definition) is 2. The van der Waals surface area contributed by atoms with E-state index in [0.717, 1.165) is 27.6 Å². The van der Waals surface area contributed by atoms with E-state index in [-0.39, 0.29) is 0 Å². The van der Waals surface area contributed by atoms with Crippen LogP contribution in [0.15, 0.2) is 40.2 Å². The van der Waals surface area contributed by atoms with Crippen molar-refractivity contribution in [3.05, 3.63) is 51.5 Å². The average Bonchev–Trinajstić information content (AvgIpc) is 2.83. The third-order valence-electron chi connectivity index (χ3n) is 2.84. The monoisotopic (exact) mass is 383 g/mol. The van der Waals surface area contributed by atoms with Gasteiger partial charge in [0, 0.05) is 16.2 Å². The molecule has 5 nitrogen and oxygen atoms in total. The minimum absolute atomic E-state index is 0.299. The Morgan fingerprint density at radius 1 is 1.36 bits per heavy atom. The molecule has 0 saturated heterocycles. The van der Waals surface area contributed by atoms with Crippen molar-refractivity contribution < 1.29 is 8.42 Å². The zero-order valence-electron chi connectivity index (χ0n) is 12.4. The van der Waals surface area contributed by atoms with E-state index in [4.69, 9.17) is 0 Å². The van der Waals surface area contributed by atoms with E-state index in [1.807, 2.05) is 24.3 Å². The number of aromatic nitrogens is 2. The number of aromatic amines is 1. The lowest BCUT2D eigenvalue weighted by atomic mass is 10.1. The van der Waals surface area contributed by atoms with Gasteiger partial charge in [-0.3, -0.25) is 9.82 Å². The van der Waals surface area contributed by atoms with Crippen LogP contribution >= 0.6 is 15.9 Å². The first-order valence-corrected chi connectivity index (χ1v) is 9.19. The van der Waals surface area contributed by atoms with Gasteiger partial charge in [-0.15, -0.1) is 0 Å². The lowest BCUT2D eigenvalue weighted by Crippen LogP contribution is -2.09. The van der Waals surface area contributed by atoms with Gasteiger partial charge in [0.2, 0.25) is 0 Å². The molecule has 118 valence electrons. The Hall–Kier alpha value is -1.60. The van der Waals surface area contributed by atoms with Crippen LogP contribution < -0.4 is 4.72 Å². The number of nitrogens with one attached hydrogen (secondary N) is 2. The lowest BCUT2D eigenvalue weighted by molar-refractivity contribution is 0.609. The number of halogens is 1. The van der Waals surface area contributed by atoms with Crippen molar-refractivity contribution in [2.75, 3.05) is 4.72 Å². The molecule has 0 aliphatic rings. The highest BCUT2D eigenvalue weighted by atomic mass is 79.9. The van der Waals surface area contributed by atoms with Gasteiger partial charge in [0.1, 0.15) is 0 Å². The summed E-state index contributed by atoms with van der Waals surface area (Å²) in [6.07, 6.45) is 2.36. The normalized spacial score (nSPS) is 12.2. The van der Waals surface area contributed by atoms with E-state index in [1.165, 1.54) is 6.08 Å². The summed E-state index contributed by atoms with van der Waals surface area (Å²) in [6, 6.07) is 9.10. The Balaban J connectivity index is 2.08. The molecule has 7 heteroatoms. The van der Waals surface area contributed by atoms with Crippen LogP contribution in [0.4, 0.5) is 5.82 Å². The minimum Gasteiger partial charge on any atom is -0.280 e. The van der Waals surface area contributed by atoms with Crippen molar-refractivity contribution in [1.29, 1.82) is 0 Å². The minimum atomic E-state index is -3.60. The van der Waals surface area contributed by atoms with E-state index >= 15 is 0 Å². The Morgan fingerprint density at radius 2 is 2.09 bits per heavy atom. The molecule has 0 fully saturated rings. The zero-order chi connectivity index (χ0) is 16.2. The largest absolute Gasteiger partial charge is 0.280 e. The van der Waals surface area contributed by atoms with Crippen molar-refractivity contribution >= 4 is 37.8 Å². The summed E-state index contributed by atoms with van der Waals surface area (Å²) < 4.78 is 27.4. The molecule has 1 aromatic heterocycles. The molecule has 1 aromatic carbocycles. The lowest BCUT2D eigenvalue weighted by Gasteiger charge is -2.01. The molecule has 22 heavy (non-hydrogen) atoms. The summed E-state index contributed by atoms with van der Waals surface area (Å²) in [7, 11) is -3.60. The van der Waals surface area contributed by atoms with Crippen molar-refractivity contribution in [3.63, 3.8) is 0 Å². The van der Waals surface area contributed by atoms with Gasteiger partial charge in [-0.2, -0.15) is 5.10 Å². The number of anilines is 1. The number of sulfonamides is 1. The van der Waals surface area contributed by atoms with Gasteiger partial charge >= 0.3 is 0 Å². The molecule has 0 spiro atoms. The van der Waals surface area contributed by atoms with Crippen molar-refractivity contribution in [3.8, 4) is 0 Å². The molecule has 0 amide bonds. The van der Waals surface area contributed by atoms with Crippen LogP contribution in [0.1, 0.15) is 25.1 Å². The quantitative estimate of drug-likeness (QED) is 0.796. The zero-order valence-corrected chi connectivity index (χ0v) is 14.8. The van der Waals surface area contributed by atoms with Gasteiger partial charge < -0.3 is 0 Å². The maximum absolute atomic E-state index is 12.0. The second-order valence-electron chi connectivity index (χ2n) is 5.35. The molecule has 0 atom stereocenters. The highest BCUT2D eigenvalue weighted by Gasteiger charge is 2.10. The number of benzene rings is 1. The van der Waals surface area contributed by atoms with Gasteiger partial charge in [-0.1, -0.05) is 48.0 Å². The molecule has 0 aliphatic heterocycles. The van der Waals surface area contributed by atoms with Crippen molar-refractivity contribution in [2.45, 2.75) is 20.3 Å². The van der Waals surface area contributed by atoms with Gasteiger partial charge in [0.05, 0.1) is 5.41 Å². The number of rotatable bonds is 6. The van der Waals surface area contributed by atoms with Crippen molar-refractivity contribution in [1.82, 2.24) is 10.2 Å². The highest BCUT2D eigenvalue weighted by Crippen LogP contribution is 2.18. The molecular formula is C15H18BrN3O2S. The number of nitrogens with zero attached hydrogens (tertiary/aromatic N) is 1. The van der Waals surface area contributed by atoms with Crippen LogP contribution in [0.3, 0.4) is 0 Å². The van der Waals surface area contributed by atoms with Crippen LogP contribution in [0, 0.1) is 5.92 Å². The van der Waals surface area contributed by atoms with E-state index in [1.54, 1.807) is 6.07 Å². The van der Waals surface area contributed by atoms with Crippen LogP contribution in [-0.4, -0.2) is 18.6 Å². The third kappa shape index (κ3) is 4.99. The predicted molar refractivity (Wildman–Crippen MR) is 92.8 cm³/mol. The Bertz CT molecular complexity index is 767. The van der Waals surface area contributed by atoms with Crippen LogP contribution in [0.2, 0.25) is 0 Å². The molecule has 2 N–H and O–H groups in total. The summed E-state index contributed by atoms with van der Waals surface area (Å²) in [4.78, 5) is 0. The Kier molecular flexibility index (Phi) is 5.42. The Labute approximate surface area is 139 Å². The topological polar surface area (TPSA) is 74.8 Å². The van der Waals surface area contributed by atoms with E-state index in [2.05, 4.69) is 44.7 Å². The van der Waals surface area contributed by atoms with Gasteiger partial charge in [-0.05, 0) is 30.0 Å². The van der Waals surface area contributed by atoms with E-state index < -0.39 is 10.0 Å². The Morgan fingerprint density at radius 3 is 2.77 bits per heavy atom. The summed E-state index contributed by atoms with van der Waals surface area (Å²) in [5.41, 5.74) is 1.69. The third-order valence-corrected chi connectivity index (χ3v) is 4.55. The standard InChI is InChI=1S/C15H18BrN3O2S/c1-11(2)9-13-10-15(18-17-13)19-22(20,21)8-7-12-5-3-4-6-14(12)16/h3-8,10-11H,9H2,1-2H3,(H2,17,18,19). The van der Waals surface area contributed by atoms with E-state index in [0.29, 0.717) is 11.7 Å². The van der Waals surface area contributed by atoms with E-state index in [9.17, 15) is 8.42 Å². The molecule has 2 aromatic rings. The second kappa shape index (κ2) is 7.11. The van der Waals surface area contributed by atoms with Gasteiger partial charge in [0.15, 0.2) is 5.82 Å². The fraction of sp³-hybridized carbons (Fsp3) is 0.267. The van der Waals surface area contributed by atoms with Crippen LogP contribution in [-0.2, 0) is 16.4 Å². The molecular weight excluding hydrogens is 366 g/mol. The molecule has 0 aliphatic carbocycles. The van der Waals surface area contributed by atoms with Crippen molar-refractivity contribution in [2.24, 2.45) is 5.92 Å². The molecule has 2 rings (SSSR count). The van der Waals surface area contributed by atoms with Crippen LogP contribution in [0.5, 0.6) is 0 Å². The summed E-state index contributed by atoms with van der Waals surface area (Å²) in [5, 5.41) is 7.93. The fourth-order valence-electron chi connectivity index (χ4n) is 1.91. The first-order valence-electron chi connectivity index (χ1n) is 6.85. The summed E-state index contributed by atoms with van der Waals surface area (Å²) in [6.45, 7) is 4.18. The second-order valence-corrected chi connectivity index (χ2v) is 7.77. The number of H-pyrrole nitrogens is 1. The predicted octanol–water partition coefficient (Wildman–Crippen LogP) is 3.78. The van der Waals surface area contributed by atoms with Gasteiger partial charge in [-0.25, -0.2) is 8.42 Å². The first-order chi connectivity index (χ1) is 10.4. The molecule has 0 bridgehead atoms. The maximum atomic E-state index is 12.0.